The predicted octanol–water partition coefficient (Wildman–Crippen LogP) is 1.39. The first kappa shape index (κ1) is 14.5. The van der Waals surface area contributed by atoms with E-state index in [-0.39, 0.29) is 5.97 Å². The van der Waals surface area contributed by atoms with Crippen molar-refractivity contribution in [2.75, 3.05) is 20.2 Å². The van der Waals surface area contributed by atoms with E-state index in [1.165, 1.54) is 25.7 Å². The van der Waals surface area contributed by atoms with Crippen LogP contribution in [0.2, 0.25) is 0 Å². The summed E-state index contributed by atoms with van der Waals surface area (Å²) in [4.78, 5) is 13.7. The summed E-state index contributed by atoms with van der Waals surface area (Å²) in [5, 5.41) is 0. The van der Waals surface area contributed by atoms with Gasteiger partial charge in [-0.15, -0.1) is 0 Å². The van der Waals surface area contributed by atoms with Gasteiger partial charge >= 0.3 is 5.97 Å². The minimum Gasteiger partial charge on any atom is -0.465 e. The summed E-state index contributed by atoms with van der Waals surface area (Å²) < 4.78 is 4.92. The van der Waals surface area contributed by atoms with Gasteiger partial charge in [0.15, 0.2) is 0 Å². The number of ether oxygens (including phenoxy) is 1. The van der Waals surface area contributed by atoms with Crippen LogP contribution >= 0.6 is 0 Å². The Morgan fingerprint density at radius 1 is 1.41 bits per heavy atom. The van der Waals surface area contributed by atoms with E-state index >= 15 is 0 Å². The van der Waals surface area contributed by atoms with Crippen LogP contribution in [0.15, 0.2) is 0 Å². The smallest absolute Gasteiger partial charge is 0.324 e. The van der Waals surface area contributed by atoms with E-state index in [0.29, 0.717) is 19.2 Å². The Balaban J connectivity index is 2.32. The van der Waals surface area contributed by atoms with E-state index in [2.05, 4.69) is 18.9 Å². The maximum atomic E-state index is 11.4. The van der Waals surface area contributed by atoms with E-state index in [9.17, 15) is 4.79 Å². The number of rotatable bonds is 5. The molecular weight excluding hydrogens is 216 g/mol. The lowest BCUT2D eigenvalue weighted by Crippen LogP contribution is -2.46. The van der Waals surface area contributed by atoms with Crippen molar-refractivity contribution in [2.24, 2.45) is 11.7 Å². The van der Waals surface area contributed by atoms with Crippen molar-refractivity contribution in [3.63, 3.8) is 0 Å². The number of carbonyl (C=O) groups is 1. The molecule has 1 atom stereocenters. The summed E-state index contributed by atoms with van der Waals surface area (Å²) >= 11 is 0. The summed E-state index contributed by atoms with van der Waals surface area (Å²) in [6.07, 6.45) is 4.99. The first-order valence-corrected chi connectivity index (χ1v) is 6.67. The Kier molecular flexibility index (Phi) is 5.92. The normalized spacial score (nSPS) is 26.9. The van der Waals surface area contributed by atoms with Crippen molar-refractivity contribution in [1.82, 2.24) is 4.90 Å². The van der Waals surface area contributed by atoms with Gasteiger partial charge in [0.05, 0.1) is 6.61 Å². The molecule has 4 heteroatoms. The monoisotopic (exact) mass is 242 g/mol. The van der Waals surface area contributed by atoms with E-state index in [1.54, 1.807) is 6.92 Å². The van der Waals surface area contributed by atoms with Crippen LogP contribution in [-0.2, 0) is 9.53 Å². The zero-order valence-electron chi connectivity index (χ0n) is 11.3. The lowest BCUT2D eigenvalue weighted by Gasteiger charge is -2.34. The molecule has 100 valence electrons. The Labute approximate surface area is 104 Å². The van der Waals surface area contributed by atoms with Crippen molar-refractivity contribution in [2.45, 2.75) is 51.6 Å². The summed E-state index contributed by atoms with van der Waals surface area (Å²) in [6, 6.07) is 0.0611. The van der Waals surface area contributed by atoms with Crippen LogP contribution < -0.4 is 5.73 Å². The van der Waals surface area contributed by atoms with Crippen LogP contribution in [0.25, 0.3) is 0 Å². The Morgan fingerprint density at radius 3 is 2.53 bits per heavy atom. The topological polar surface area (TPSA) is 55.6 Å². The summed E-state index contributed by atoms with van der Waals surface area (Å²) in [6.45, 7) is 5.10. The molecule has 1 aliphatic carbocycles. The van der Waals surface area contributed by atoms with Crippen molar-refractivity contribution < 1.29 is 9.53 Å². The summed E-state index contributed by atoms with van der Waals surface area (Å²) in [5.41, 5.74) is 5.82. The van der Waals surface area contributed by atoms with Gasteiger partial charge in [-0.1, -0.05) is 6.92 Å². The highest BCUT2D eigenvalue weighted by Gasteiger charge is 2.25. The molecule has 1 fully saturated rings. The zero-order chi connectivity index (χ0) is 12.8. The average Bonchev–Trinajstić information content (AvgIpc) is 2.30. The van der Waals surface area contributed by atoms with Gasteiger partial charge in [-0.2, -0.15) is 0 Å². The van der Waals surface area contributed by atoms with E-state index in [4.69, 9.17) is 10.5 Å². The molecule has 0 saturated heterocycles. The SMILES string of the molecule is CCOC(=O)C(N)CN(C)C1CCC(C)CC1. The van der Waals surface area contributed by atoms with Gasteiger partial charge in [-0.25, -0.2) is 0 Å². The fraction of sp³-hybridized carbons (Fsp3) is 0.923. The van der Waals surface area contributed by atoms with Crippen LogP contribution in [0.5, 0.6) is 0 Å². The zero-order valence-corrected chi connectivity index (χ0v) is 11.3. The van der Waals surface area contributed by atoms with Crippen molar-refractivity contribution in [1.29, 1.82) is 0 Å². The Bertz CT molecular complexity index is 238. The van der Waals surface area contributed by atoms with Crippen molar-refractivity contribution in [3.05, 3.63) is 0 Å². The third-order valence-corrected chi connectivity index (χ3v) is 3.68. The second kappa shape index (κ2) is 6.97. The second-order valence-electron chi connectivity index (χ2n) is 5.21. The Hall–Kier alpha value is -0.610. The van der Waals surface area contributed by atoms with Crippen LogP contribution in [0, 0.1) is 5.92 Å². The first-order valence-electron chi connectivity index (χ1n) is 6.67. The van der Waals surface area contributed by atoms with Gasteiger partial charge in [0.25, 0.3) is 0 Å². The van der Waals surface area contributed by atoms with Crippen molar-refractivity contribution in [3.8, 4) is 0 Å². The fourth-order valence-corrected chi connectivity index (χ4v) is 2.47. The maximum absolute atomic E-state index is 11.4. The highest BCUT2D eigenvalue weighted by molar-refractivity contribution is 5.75. The lowest BCUT2D eigenvalue weighted by atomic mass is 9.86. The minimum atomic E-state index is -0.515. The van der Waals surface area contributed by atoms with E-state index in [1.807, 2.05) is 0 Å². The molecule has 1 saturated carbocycles. The van der Waals surface area contributed by atoms with Gasteiger partial charge in [0, 0.05) is 12.6 Å². The third kappa shape index (κ3) is 4.64. The number of hydrogen-bond donors (Lipinski definition) is 1. The molecule has 0 aromatic rings. The molecule has 4 nitrogen and oxygen atoms in total. The minimum absolute atomic E-state index is 0.288. The van der Waals surface area contributed by atoms with Gasteiger partial charge in [0.1, 0.15) is 6.04 Å². The number of carbonyl (C=O) groups excluding carboxylic acids is 1. The van der Waals surface area contributed by atoms with Crippen LogP contribution in [0.3, 0.4) is 0 Å². The molecular formula is C13H26N2O2. The van der Waals surface area contributed by atoms with Gasteiger partial charge in [-0.05, 0) is 45.6 Å². The predicted molar refractivity (Wildman–Crippen MR) is 68.7 cm³/mol. The van der Waals surface area contributed by atoms with E-state index in [0.717, 1.165) is 5.92 Å². The summed E-state index contributed by atoms with van der Waals surface area (Å²) in [7, 11) is 2.06. The van der Waals surface area contributed by atoms with Gasteiger partial charge < -0.3 is 15.4 Å². The molecule has 2 N–H and O–H groups in total. The molecule has 0 bridgehead atoms. The second-order valence-corrected chi connectivity index (χ2v) is 5.21. The lowest BCUT2D eigenvalue weighted by molar-refractivity contribution is -0.145. The van der Waals surface area contributed by atoms with E-state index < -0.39 is 6.04 Å². The average molecular weight is 242 g/mol. The highest BCUT2D eigenvalue weighted by atomic mass is 16.5. The third-order valence-electron chi connectivity index (χ3n) is 3.68. The molecule has 0 aliphatic heterocycles. The number of nitrogens with zero attached hydrogens (tertiary/aromatic N) is 1. The molecule has 17 heavy (non-hydrogen) atoms. The molecule has 0 heterocycles. The van der Waals surface area contributed by atoms with Crippen LogP contribution in [0.4, 0.5) is 0 Å². The first-order chi connectivity index (χ1) is 8.04. The number of esters is 1. The molecule has 0 aromatic heterocycles. The van der Waals surface area contributed by atoms with Crippen LogP contribution in [0.1, 0.15) is 39.5 Å². The molecule has 1 unspecified atom stereocenters. The molecule has 1 aliphatic rings. The van der Waals surface area contributed by atoms with Gasteiger partial charge in [-0.3, -0.25) is 4.79 Å². The van der Waals surface area contributed by atoms with Crippen molar-refractivity contribution >= 4 is 5.97 Å². The fourth-order valence-electron chi connectivity index (χ4n) is 2.47. The van der Waals surface area contributed by atoms with Gasteiger partial charge in [0.2, 0.25) is 0 Å². The molecule has 0 amide bonds. The van der Waals surface area contributed by atoms with Crippen LogP contribution in [-0.4, -0.2) is 43.2 Å². The Morgan fingerprint density at radius 2 is 2.00 bits per heavy atom. The standard InChI is InChI=1S/C13H26N2O2/c1-4-17-13(16)12(14)9-15(3)11-7-5-10(2)6-8-11/h10-12H,4-9,14H2,1-3H3. The number of hydrogen-bond acceptors (Lipinski definition) is 4. The molecule has 1 rings (SSSR count). The maximum Gasteiger partial charge on any atom is 0.324 e. The number of likely N-dealkylation sites (N-methyl/N-ethyl adjacent to an activating group) is 1. The quantitative estimate of drug-likeness (QED) is 0.740. The highest BCUT2D eigenvalue weighted by Crippen LogP contribution is 2.26. The molecule has 0 spiro atoms. The molecule has 0 radical (unpaired) electrons. The largest absolute Gasteiger partial charge is 0.465 e. The molecule has 0 aromatic carbocycles. The number of nitrogens with two attached hydrogens (primary N) is 1. The summed E-state index contributed by atoms with van der Waals surface area (Å²) in [5.74, 6) is 0.557.